The lowest BCUT2D eigenvalue weighted by molar-refractivity contribution is 0.0699. The van der Waals surface area contributed by atoms with Crippen LogP contribution in [0.25, 0.3) is 11.1 Å². The van der Waals surface area contributed by atoms with E-state index < -0.39 is 29.4 Å². The number of benzene rings is 2. The van der Waals surface area contributed by atoms with Crippen molar-refractivity contribution in [2.75, 3.05) is 7.11 Å². The number of thiophene rings is 1. The number of aromatic nitrogens is 1. The summed E-state index contributed by atoms with van der Waals surface area (Å²) in [6.07, 6.45) is 0. The Labute approximate surface area is 203 Å². The highest BCUT2D eigenvalue weighted by Crippen LogP contribution is 2.37. The molecule has 0 unspecified atom stereocenters. The minimum absolute atomic E-state index is 0.104. The number of hydrogen-bond acceptors (Lipinski definition) is 7. The Morgan fingerprint density at radius 1 is 1.00 bits per heavy atom. The Hall–Kier alpha value is -4.02. The number of rotatable bonds is 8. The molecule has 180 valence electrons. The lowest BCUT2D eigenvalue weighted by Crippen LogP contribution is -2.01. The van der Waals surface area contributed by atoms with E-state index in [4.69, 9.17) is 19.9 Å². The molecule has 0 amide bonds. The molecule has 0 bridgehead atoms. The number of aryl methyl sites for hydroxylation is 1. The van der Waals surface area contributed by atoms with Crippen molar-refractivity contribution in [2.24, 2.45) is 5.73 Å². The van der Waals surface area contributed by atoms with Crippen molar-refractivity contribution in [1.29, 1.82) is 0 Å². The summed E-state index contributed by atoms with van der Waals surface area (Å²) in [6.45, 7) is 2.04. The van der Waals surface area contributed by atoms with Crippen molar-refractivity contribution < 1.29 is 32.9 Å². The van der Waals surface area contributed by atoms with Crippen molar-refractivity contribution >= 4 is 17.3 Å². The summed E-state index contributed by atoms with van der Waals surface area (Å²) >= 11 is 0.962. The number of nitrogens with zero attached hydrogens (tertiary/aromatic N) is 1. The van der Waals surface area contributed by atoms with Crippen LogP contribution in [-0.2, 0) is 6.54 Å². The van der Waals surface area contributed by atoms with E-state index in [0.29, 0.717) is 28.8 Å². The maximum absolute atomic E-state index is 14.6. The summed E-state index contributed by atoms with van der Waals surface area (Å²) in [5.74, 6) is -4.08. The Balaban J connectivity index is 1.69. The molecule has 7 nitrogen and oxygen atoms in total. The van der Waals surface area contributed by atoms with E-state index >= 15 is 0 Å². The normalized spacial score (nSPS) is 10.8. The Morgan fingerprint density at radius 2 is 1.71 bits per heavy atom. The smallest absolute Gasteiger partial charge is 0.349 e. The van der Waals surface area contributed by atoms with Crippen LogP contribution in [0.15, 0.2) is 54.6 Å². The van der Waals surface area contributed by atoms with E-state index in [9.17, 15) is 18.7 Å². The molecule has 0 aliphatic rings. The van der Waals surface area contributed by atoms with Crippen LogP contribution < -0.4 is 19.9 Å². The number of methoxy groups -OCH3 is 1. The van der Waals surface area contributed by atoms with Crippen molar-refractivity contribution in [1.82, 2.24) is 4.98 Å². The summed E-state index contributed by atoms with van der Waals surface area (Å²) in [4.78, 5) is 15.8. The van der Waals surface area contributed by atoms with Gasteiger partial charge in [0.1, 0.15) is 11.5 Å². The van der Waals surface area contributed by atoms with Crippen LogP contribution >= 0.6 is 11.3 Å². The number of pyridine rings is 1. The zero-order valence-electron chi connectivity index (χ0n) is 18.7. The molecule has 0 radical (unpaired) electrons. The van der Waals surface area contributed by atoms with E-state index in [0.717, 1.165) is 22.5 Å². The average Bonchev–Trinajstić information content (AvgIpc) is 3.22. The van der Waals surface area contributed by atoms with E-state index in [2.05, 4.69) is 4.98 Å². The maximum atomic E-state index is 14.6. The molecule has 0 spiro atoms. The zero-order chi connectivity index (χ0) is 25.1. The van der Waals surface area contributed by atoms with Crippen molar-refractivity contribution in [2.45, 2.75) is 13.5 Å². The zero-order valence-corrected chi connectivity index (χ0v) is 19.5. The fourth-order valence-corrected chi connectivity index (χ4v) is 4.08. The molecule has 3 N–H and O–H groups in total. The summed E-state index contributed by atoms with van der Waals surface area (Å²) in [5.41, 5.74) is 8.21. The fraction of sp³-hybridized carbons (Fsp3) is 0.120. The van der Waals surface area contributed by atoms with Gasteiger partial charge in [0.15, 0.2) is 22.3 Å². The first kappa shape index (κ1) is 24.1. The molecule has 2 aromatic heterocycles. The topological polar surface area (TPSA) is 104 Å². The molecule has 10 heteroatoms. The second-order valence-electron chi connectivity index (χ2n) is 7.42. The first-order valence-electron chi connectivity index (χ1n) is 10.3. The molecular formula is C25H20F2N2O5S. The van der Waals surface area contributed by atoms with E-state index in [1.165, 1.54) is 19.2 Å². The van der Waals surface area contributed by atoms with Crippen LogP contribution in [0.3, 0.4) is 0 Å². The average molecular weight is 499 g/mol. The second-order valence-corrected chi connectivity index (χ2v) is 8.68. The van der Waals surface area contributed by atoms with Gasteiger partial charge in [0, 0.05) is 23.6 Å². The molecule has 0 aliphatic heterocycles. The number of carboxylic acids is 1. The highest BCUT2D eigenvalue weighted by molar-refractivity contribution is 7.14. The third-order valence-electron chi connectivity index (χ3n) is 4.91. The molecule has 35 heavy (non-hydrogen) atoms. The monoisotopic (exact) mass is 498 g/mol. The predicted molar refractivity (Wildman–Crippen MR) is 127 cm³/mol. The maximum Gasteiger partial charge on any atom is 0.349 e. The molecule has 2 heterocycles. The molecule has 4 aromatic rings. The van der Waals surface area contributed by atoms with Gasteiger partial charge in [0.05, 0.1) is 7.11 Å². The quantitative estimate of drug-likeness (QED) is 0.300. The molecule has 2 aromatic carbocycles. The second kappa shape index (κ2) is 10.1. The minimum atomic E-state index is -1.24. The summed E-state index contributed by atoms with van der Waals surface area (Å²) < 4.78 is 45.3. The largest absolute Gasteiger partial charge is 0.497 e. The number of halogens is 2. The van der Waals surface area contributed by atoms with E-state index in [-0.39, 0.29) is 16.4 Å². The molecule has 4 rings (SSSR count). The molecule has 0 saturated carbocycles. The third kappa shape index (κ3) is 5.39. The van der Waals surface area contributed by atoms with Crippen LogP contribution in [0.2, 0.25) is 0 Å². The predicted octanol–water partition coefficient (Wildman–Crippen LogP) is 6.15. The van der Waals surface area contributed by atoms with Crippen LogP contribution in [0.5, 0.6) is 29.0 Å². The van der Waals surface area contributed by atoms with Gasteiger partial charge in [-0.1, -0.05) is 18.2 Å². The number of carbonyl (C=O) groups is 1. The van der Waals surface area contributed by atoms with Gasteiger partial charge in [-0.2, -0.15) is 4.98 Å². The van der Waals surface area contributed by atoms with Crippen LogP contribution in [0.4, 0.5) is 8.78 Å². The lowest BCUT2D eigenvalue weighted by atomic mass is 10.0. The Bertz CT molecular complexity index is 1410. The van der Waals surface area contributed by atoms with Gasteiger partial charge < -0.3 is 25.1 Å². The molecular weight excluding hydrogens is 478 g/mol. The molecule has 0 atom stereocenters. The minimum Gasteiger partial charge on any atom is -0.497 e. The number of aromatic carboxylic acids is 1. The van der Waals surface area contributed by atoms with Crippen molar-refractivity contribution in [3.63, 3.8) is 0 Å². The van der Waals surface area contributed by atoms with Gasteiger partial charge in [-0.05, 0) is 47.9 Å². The van der Waals surface area contributed by atoms with Gasteiger partial charge >= 0.3 is 5.97 Å². The fourth-order valence-electron chi connectivity index (χ4n) is 3.30. The highest BCUT2D eigenvalue weighted by atomic mass is 32.1. The molecule has 0 aliphatic carbocycles. The van der Waals surface area contributed by atoms with Gasteiger partial charge in [-0.15, -0.1) is 11.3 Å². The third-order valence-corrected chi connectivity index (χ3v) is 5.93. The highest BCUT2D eigenvalue weighted by Gasteiger charge is 2.21. The number of ether oxygens (including phenoxy) is 3. The first-order chi connectivity index (χ1) is 16.8. The van der Waals surface area contributed by atoms with Crippen LogP contribution in [-0.4, -0.2) is 23.2 Å². The lowest BCUT2D eigenvalue weighted by Gasteiger charge is -2.13. The summed E-state index contributed by atoms with van der Waals surface area (Å²) in [6, 6.07) is 14.5. The van der Waals surface area contributed by atoms with Crippen molar-refractivity contribution in [3.8, 4) is 40.1 Å². The Morgan fingerprint density at radius 3 is 2.40 bits per heavy atom. The van der Waals surface area contributed by atoms with Gasteiger partial charge in [0.25, 0.3) is 11.8 Å². The standard InChI is InChI=1S/C25H20F2N2O5S/c1-13-6-21(22(35-13)25(30)31)34-24-20(27)11-19(26)23(29-24)33-18-9-16(8-17(10-18)32-2)15-5-3-4-14(7-15)12-28/h3-11H,12,28H2,1-2H3,(H,30,31). The number of hydrogen-bond donors (Lipinski definition) is 2. The number of nitrogens with two attached hydrogens (primary N) is 1. The van der Waals surface area contributed by atoms with Crippen molar-refractivity contribution in [3.05, 3.63) is 81.5 Å². The Kier molecular flexibility index (Phi) is 6.94. The summed E-state index contributed by atoms with van der Waals surface area (Å²) in [5, 5.41) is 9.33. The molecule has 0 saturated heterocycles. The first-order valence-corrected chi connectivity index (χ1v) is 11.1. The van der Waals surface area contributed by atoms with Gasteiger partial charge in [-0.25, -0.2) is 13.6 Å². The van der Waals surface area contributed by atoms with E-state index in [1.807, 2.05) is 24.3 Å². The van der Waals surface area contributed by atoms with Crippen LogP contribution in [0.1, 0.15) is 20.1 Å². The number of carboxylic acid groups (broad SMARTS) is 1. The SMILES string of the molecule is COc1cc(Oc2nc(Oc3cc(C)sc3C(=O)O)c(F)cc2F)cc(-c2cccc(CN)c2)c1. The van der Waals surface area contributed by atoms with Gasteiger partial charge in [0.2, 0.25) is 0 Å². The van der Waals surface area contributed by atoms with Crippen LogP contribution in [0, 0.1) is 18.6 Å². The molecule has 0 fully saturated rings. The van der Waals surface area contributed by atoms with Gasteiger partial charge in [-0.3, -0.25) is 0 Å². The van der Waals surface area contributed by atoms with E-state index in [1.54, 1.807) is 19.1 Å². The summed E-state index contributed by atoms with van der Waals surface area (Å²) in [7, 11) is 1.48.